The maximum absolute atomic E-state index is 13.1. The van der Waals surface area contributed by atoms with E-state index in [-0.39, 0.29) is 23.8 Å². The van der Waals surface area contributed by atoms with E-state index >= 15 is 0 Å². The van der Waals surface area contributed by atoms with Crippen LogP contribution in [-0.4, -0.2) is 135 Å². The third kappa shape index (κ3) is 52.7. The predicted molar refractivity (Wildman–Crippen MR) is 346 cm³/mol. The van der Waals surface area contributed by atoms with Gasteiger partial charge in [0.1, 0.15) is 12.2 Å². The van der Waals surface area contributed by atoms with Crippen LogP contribution in [0, 0.1) is 0 Å². The van der Waals surface area contributed by atoms with Crippen molar-refractivity contribution in [3.05, 3.63) is 24.3 Å². The van der Waals surface area contributed by atoms with Crippen LogP contribution < -0.4 is 10.6 Å². The number of rotatable bonds is 61. The number of hydrogen-bond donors (Lipinski definition) is 4. The lowest BCUT2D eigenvalue weighted by atomic mass is 10.0. The van der Waals surface area contributed by atoms with Crippen molar-refractivity contribution in [3.63, 3.8) is 0 Å². The van der Waals surface area contributed by atoms with E-state index in [4.69, 9.17) is 9.47 Å². The highest BCUT2D eigenvalue weighted by Gasteiger charge is 2.28. The number of nitrogens with one attached hydrogen (secondary N) is 2. The Bertz CT molecular complexity index is 1440. The van der Waals surface area contributed by atoms with Crippen molar-refractivity contribution in [3.8, 4) is 0 Å². The molecule has 0 saturated heterocycles. The normalized spacial score (nSPS) is 13.6. The van der Waals surface area contributed by atoms with Crippen LogP contribution in [0.5, 0.6) is 0 Å². The Balaban J connectivity index is 4.15. The van der Waals surface area contributed by atoms with E-state index < -0.39 is 24.4 Å². The van der Waals surface area contributed by atoms with Crippen LogP contribution in [0.15, 0.2) is 24.3 Å². The van der Waals surface area contributed by atoms with Gasteiger partial charge in [-0.2, -0.15) is 0 Å². The molecule has 0 aliphatic heterocycles. The molecule has 0 aromatic rings. The molecule has 2 amide bonds. The molecule has 4 N–H and O–H groups in total. The first-order chi connectivity index (χ1) is 39.6. The number of amides is 2. The van der Waals surface area contributed by atoms with Crippen molar-refractivity contribution in [1.29, 1.82) is 0 Å². The van der Waals surface area contributed by atoms with E-state index in [2.05, 4.69) is 78.7 Å². The van der Waals surface area contributed by atoms with E-state index in [0.29, 0.717) is 73.7 Å². The zero-order chi connectivity index (χ0) is 60.6. The molecule has 0 aliphatic rings. The van der Waals surface area contributed by atoms with Crippen LogP contribution in [0.2, 0.25) is 0 Å². The molecule has 0 heterocycles. The predicted octanol–water partition coefficient (Wildman–Crippen LogP) is 16.3. The average Bonchev–Trinajstić information content (AvgIpc) is 3.43. The summed E-state index contributed by atoms with van der Waals surface area (Å²) < 4.78 is 13.1. The molecule has 0 spiro atoms. The highest BCUT2D eigenvalue weighted by Crippen LogP contribution is 2.20. The minimum Gasteiger partial charge on any atom is -0.455 e. The van der Waals surface area contributed by atoms with E-state index in [1.54, 1.807) is 0 Å². The number of unbranched alkanes of at least 4 members (excludes halogenated alkanes) is 32. The number of likely N-dealkylation sites (N-methyl/N-ethyl adjacent to an activating group) is 2. The summed E-state index contributed by atoms with van der Waals surface area (Å²) in [5.74, 6) is -0.359. The monoisotopic (exact) mass is 1160 g/mol. The van der Waals surface area contributed by atoms with Crippen molar-refractivity contribution in [2.45, 2.75) is 335 Å². The number of hydrogen-bond acceptors (Lipinski definition) is 8. The highest BCUT2D eigenvalue weighted by atomic mass is 16.6. The van der Waals surface area contributed by atoms with E-state index in [9.17, 15) is 29.4 Å². The van der Waals surface area contributed by atoms with Gasteiger partial charge in [0, 0.05) is 25.9 Å². The SMILES string of the molecule is CCCCCCCCCCCC[N+](C)(C)CC(=O)OC(CCCCC)C(O)C/C=C/CCCCCCCC(=O)NCCNC(=O)CCCCCCC/C=C/CC(O)C(CCCCC)OC(=O)C[N+](C)(C)CCCCCCCCCCCC. The molecule has 0 saturated carbocycles. The lowest BCUT2D eigenvalue weighted by Crippen LogP contribution is -2.46. The fourth-order valence-electron chi connectivity index (χ4n) is 10.9. The second-order valence-electron chi connectivity index (χ2n) is 25.9. The second-order valence-corrected chi connectivity index (χ2v) is 25.9. The molecule has 482 valence electrons. The first kappa shape index (κ1) is 79.2. The Morgan fingerprint density at radius 1 is 0.378 bits per heavy atom. The van der Waals surface area contributed by atoms with Gasteiger partial charge in [-0.15, -0.1) is 0 Å². The zero-order valence-corrected chi connectivity index (χ0v) is 55.2. The summed E-state index contributed by atoms with van der Waals surface area (Å²) in [7, 11) is 8.44. The Hall–Kier alpha value is -2.80. The number of carbonyl (C=O) groups is 4. The second kappa shape index (κ2) is 56.0. The zero-order valence-electron chi connectivity index (χ0n) is 55.2. The summed E-state index contributed by atoms with van der Waals surface area (Å²) in [4.78, 5) is 50.9. The van der Waals surface area contributed by atoms with Crippen molar-refractivity contribution in [1.82, 2.24) is 10.6 Å². The number of allylic oxidation sites excluding steroid dienone is 2. The molecule has 82 heavy (non-hydrogen) atoms. The summed E-state index contributed by atoms with van der Waals surface area (Å²) in [6.07, 6.45) is 53.5. The summed E-state index contributed by atoms with van der Waals surface area (Å²) in [6.45, 7) is 12.3. The molecule has 4 atom stereocenters. The molecule has 0 aromatic carbocycles. The van der Waals surface area contributed by atoms with Gasteiger partial charge in [0.25, 0.3) is 0 Å². The van der Waals surface area contributed by atoms with Crippen molar-refractivity contribution in [2.24, 2.45) is 0 Å². The lowest BCUT2D eigenvalue weighted by molar-refractivity contribution is -0.883. The lowest BCUT2D eigenvalue weighted by Gasteiger charge is -2.30. The number of aliphatic hydroxyl groups is 2. The minimum absolute atomic E-state index is 0.0312. The molecule has 12 nitrogen and oxygen atoms in total. The molecule has 0 aromatic heterocycles. The number of carbonyl (C=O) groups excluding carboxylic acids is 4. The van der Waals surface area contributed by atoms with Gasteiger partial charge in [-0.3, -0.25) is 9.59 Å². The van der Waals surface area contributed by atoms with Crippen molar-refractivity contribution < 1.29 is 47.8 Å². The number of ether oxygens (including phenoxy) is 2. The number of nitrogens with zero attached hydrogens (tertiary/aromatic N) is 2. The van der Waals surface area contributed by atoms with Crippen LogP contribution >= 0.6 is 0 Å². The van der Waals surface area contributed by atoms with Gasteiger partial charge in [-0.05, 0) is 103 Å². The van der Waals surface area contributed by atoms with E-state index in [1.165, 1.54) is 116 Å². The number of aliphatic hydroxyl groups excluding tert-OH is 2. The smallest absolute Gasteiger partial charge is 0.362 e. The Kier molecular flexibility index (Phi) is 54.1. The molecule has 0 rings (SSSR count). The van der Waals surface area contributed by atoms with Gasteiger partial charge in [-0.1, -0.05) is 219 Å². The third-order valence-corrected chi connectivity index (χ3v) is 16.4. The number of esters is 2. The molecular formula is C70H136N4O8+2. The van der Waals surface area contributed by atoms with Crippen molar-refractivity contribution in [2.75, 3.05) is 67.5 Å². The largest absolute Gasteiger partial charge is 0.455 e. The standard InChI is InChI=1S/C70H134N4O8/c1-9-13-17-19-21-23-29-35-41-49-59-73(5,6)61-69(79)81-65(53-43-15-11-3)63(75)51-45-37-31-25-27-33-39-47-55-67(77)71-57-58-72-68(78)56-48-40-34-28-26-32-38-46-52-64(76)66(54-44-16-12-4)82-70(80)62-74(7,8)60-50-42-36-30-24-22-20-18-14-10-2/h37-38,45-46,63-66,75-76H,9-36,39-44,47-62H2,1-8H3/p+2/b45-37+,46-38+. The van der Waals surface area contributed by atoms with Crippen LogP contribution in [0.25, 0.3) is 0 Å². The van der Waals surface area contributed by atoms with Gasteiger partial charge in [0.2, 0.25) is 11.8 Å². The topological polar surface area (TPSA) is 151 Å². The molecule has 12 heteroatoms. The maximum Gasteiger partial charge on any atom is 0.362 e. The molecule has 0 aliphatic carbocycles. The van der Waals surface area contributed by atoms with Crippen LogP contribution in [0.3, 0.4) is 0 Å². The number of quaternary nitrogens is 2. The third-order valence-electron chi connectivity index (χ3n) is 16.4. The van der Waals surface area contributed by atoms with E-state index in [1.807, 2.05) is 12.2 Å². The molecule has 0 radical (unpaired) electrons. The molecule has 0 bridgehead atoms. The van der Waals surface area contributed by atoms with Gasteiger partial charge < -0.3 is 39.3 Å². The maximum atomic E-state index is 13.1. The Labute approximate surface area is 506 Å². The van der Waals surface area contributed by atoms with Crippen LogP contribution in [0.4, 0.5) is 0 Å². The van der Waals surface area contributed by atoms with E-state index in [0.717, 1.165) is 142 Å². The quantitative estimate of drug-likeness (QED) is 0.0203. The summed E-state index contributed by atoms with van der Waals surface area (Å²) in [5.41, 5.74) is 0. The molecular weight excluding hydrogens is 1020 g/mol. The molecule has 0 fully saturated rings. The summed E-state index contributed by atoms with van der Waals surface area (Å²) in [5, 5.41) is 28.0. The highest BCUT2D eigenvalue weighted by molar-refractivity contribution is 5.77. The van der Waals surface area contributed by atoms with Gasteiger partial charge >= 0.3 is 11.9 Å². The summed E-state index contributed by atoms with van der Waals surface area (Å²) in [6, 6.07) is 0. The first-order valence-electron chi connectivity index (χ1n) is 34.8. The van der Waals surface area contributed by atoms with Crippen LogP contribution in [-0.2, 0) is 28.7 Å². The summed E-state index contributed by atoms with van der Waals surface area (Å²) >= 11 is 0. The fourth-order valence-corrected chi connectivity index (χ4v) is 10.9. The van der Waals surface area contributed by atoms with Gasteiger partial charge in [0.05, 0.1) is 53.5 Å². The Morgan fingerprint density at radius 2 is 0.659 bits per heavy atom. The van der Waals surface area contributed by atoms with Crippen LogP contribution in [0.1, 0.15) is 310 Å². The fraction of sp³-hybridized carbons (Fsp3) is 0.886. The first-order valence-corrected chi connectivity index (χ1v) is 34.8. The van der Waals surface area contributed by atoms with Crippen molar-refractivity contribution >= 4 is 23.8 Å². The van der Waals surface area contributed by atoms with Gasteiger partial charge in [-0.25, -0.2) is 9.59 Å². The Morgan fingerprint density at radius 3 is 0.988 bits per heavy atom. The van der Waals surface area contributed by atoms with Gasteiger partial charge in [0.15, 0.2) is 13.1 Å². The minimum atomic E-state index is -0.703. The average molecular weight is 1160 g/mol. The molecule has 4 unspecified atom stereocenters.